The molecule has 0 saturated carbocycles. The zero-order chi connectivity index (χ0) is 14.7. The Bertz CT molecular complexity index is 573. The van der Waals surface area contributed by atoms with Crippen LogP contribution in [0.1, 0.15) is 0 Å². The predicted molar refractivity (Wildman–Crippen MR) is 59.2 cm³/mol. The normalized spacial score (nSPS) is 12.2. The Hall–Kier alpha value is -1.91. The molecule has 0 bridgehead atoms. The van der Waals surface area contributed by atoms with Crippen molar-refractivity contribution in [3.63, 3.8) is 0 Å². The lowest BCUT2D eigenvalue weighted by molar-refractivity contribution is -0.384. The lowest BCUT2D eigenvalue weighted by Gasteiger charge is -2.09. The van der Waals surface area contributed by atoms with E-state index in [9.17, 15) is 31.7 Å². The van der Waals surface area contributed by atoms with E-state index < -0.39 is 38.3 Å². The molecule has 1 aromatic rings. The summed E-state index contributed by atoms with van der Waals surface area (Å²) in [6.07, 6.45) is 1.19. The highest BCUT2D eigenvalue weighted by atomic mass is 32.2. The molecule has 0 atom stereocenters. The third-order valence-corrected chi connectivity index (χ3v) is 3.45. The fourth-order valence-electron chi connectivity index (χ4n) is 1.10. The van der Waals surface area contributed by atoms with Crippen LogP contribution in [-0.4, -0.2) is 36.1 Å². The topological polar surface area (TPSA) is 102 Å². The summed E-state index contributed by atoms with van der Waals surface area (Å²) < 4.78 is 57.6. The number of anilines is 1. The van der Waals surface area contributed by atoms with Gasteiger partial charge in [-0.1, -0.05) is 0 Å². The van der Waals surface area contributed by atoms with E-state index in [0.29, 0.717) is 0 Å². The minimum Gasteiger partial charge on any atom is -0.363 e. The molecule has 19 heavy (non-hydrogen) atoms. The van der Waals surface area contributed by atoms with E-state index in [1.54, 1.807) is 0 Å². The molecule has 11 heteroatoms. The largest absolute Gasteiger partial charge is 0.497 e. The third kappa shape index (κ3) is 3.77. The molecule has 1 aromatic heterocycles. The first-order chi connectivity index (χ1) is 8.65. The van der Waals surface area contributed by atoms with Gasteiger partial charge in [0.25, 0.3) is 0 Å². The maximum Gasteiger partial charge on any atom is 0.497 e. The second-order valence-electron chi connectivity index (χ2n) is 3.32. The number of pyridine rings is 1. The average Bonchev–Trinajstić information content (AvgIpc) is 2.27. The molecule has 0 aliphatic carbocycles. The number of hydrogen-bond donors (Lipinski definition) is 1. The highest BCUT2D eigenvalue weighted by Crippen LogP contribution is 2.24. The lowest BCUT2D eigenvalue weighted by Crippen LogP contribution is -2.29. The van der Waals surface area contributed by atoms with Crippen LogP contribution in [0.3, 0.4) is 0 Å². The van der Waals surface area contributed by atoms with Crippen LogP contribution >= 0.6 is 0 Å². The summed E-state index contributed by atoms with van der Waals surface area (Å²) in [5.74, 6) is -1.52. The van der Waals surface area contributed by atoms with Crippen molar-refractivity contribution in [2.75, 3.05) is 17.6 Å². The Morgan fingerprint density at radius 2 is 2.05 bits per heavy atom. The van der Waals surface area contributed by atoms with Gasteiger partial charge >= 0.3 is 11.2 Å². The van der Waals surface area contributed by atoms with Gasteiger partial charge in [0.15, 0.2) is 0 Å². The number of aromatic nitrogens is 1. The molecule has 0 spiro atoms. The van der Waals surface area contributed by atoms with Crippen LogP contribution in [0.2, 0.25) is 0 Å². The van der Waals surface area contributed by atoms with Crippen LogP contribution < -0.4 is 5.32 Å². The first-order valence-electron chi connectivity index (χ1n) is 4.77. The van der Waals surface area contributed by atoms with Gasteiger partial charge in [0.1, 0.15) is 0 Å². The van der Waals surface area contributed by atoms with Crippen molar-refractivity contribution in [2.45, 2.75) is 5.51 Å². The van der Waals surface area contributed by atoms with Gasteiger partial charge in [-0.25, -0.2) is 13.4 Å². The maximum absolute atomic E-state index is 12.0. The van der Waals surface area contributed by atoms with Gasteiger partial charge in [-0.2, -0.15) is 13.2 Å². The first-order valence-corrected chi connectivity index (χ1v) is 6.42. The van der Waals surface area contributed by atoms with Crippen molar-refractivity contribution in [3.05, 3.63) is 28.4 Å². The maximum atomic E-state index is 12.0. The minimum atomic E-state index is -5.34. The number of nitrogens with zero attached hydrogens (tertiary/aromatic N) is 2. The monoisotopic (exact) mass is 299 g/mol. The van der Waals surface area contributed by atoms with Crippen molar-refractivity contribution in [1.82, 2.24) is 4.98 Å². The van der Waals surface area contributed by atoms with E-state index in [2.05, 4.69) is 10.3 Å². The number of nitro groups is 1. The summed E-state index contributed by atoms with van der Waals surface area (Å²) >= 11 is 0. The Morgan fingerprint density at radius 3 is 2.58 bits per heavy atom. The Kier molecular flexibility index (Phi) is 4.29. The van der Waals surface area contributed by atoms with Gasteiger partial charge in [-0.05, 0) is 6.07 Å². The molecule has 7 nitrogen and oxygen atoms in total. The molecule has 1 heterocycles. The lowest BCUT2D eigenvalue weighted by atomic mass is 10.4. The Morgan fingerprint density at radius 1 is 1.42 bits per heavy atom. The SMILES string of the molecule is O=[N+]([O-])c1cccnc1NCCS(=O)(=O)C(F)(F)F. The molecule has 0 aliphatic heterocycles. The quantitative estimate of drug-likeness (QED) is 0.650. The molecule has 0 saturated heterocycles. The number of rotatable bonds is 5. The van der Waals surface area contributed by atoms with Crippen molar-refractivity contribution >= 4 is 21.3 Å². The van der Waals surface area contributed by atoms with Gasteiger partial charge in [0.05, 0.1) is 10.7 Å². The van der Waals surface area contributed by atoms with E-state index >= 15 is 0 Å². The van der Waals surface area contributed by atoms with Crippen LogP contribution in [0.25, 0.3) is 0 Å². The molecule has 0 unspecified atom stereocenters. The molecule has 0 fully saturated rings. The highest BCUT2D eigenvalue weighted by molar-refractivity contribution is 7.92. The van der Waals surface area contributed by atoms with Crippen molar-refractivity contribution in [3.8, 4) is 0 Å². The molecule has 0 radical (unpaired) electrons. The van der Waals surface area contributed by atoms with Crippen LogP contribution in [0.15, 0.2) is 18.3 Å². The first kappa shape index (κ1) is 15.1. The number of halogens is 3. The summed E-state index contributed by atoms with van der Waals surface area (Å²) in [6.45, 7) is -0.639. The summed E-state index contributed by atoms with van der Waals surface area (Å²) in [5, 5.41) is 12.8. The summed E-state index contributed by atoms with van der Waals surface area (Å²) in [7, 11) is -5.26. The fourth-order valence-corrected chi connectivity index (χ4v) is 1.70. The van der Waals surface area contributed by atoms with Crippen molar-refractivity contribution in [1.29, 1.82) is 0 Å². The minimum absolute atomic E-state index is 0.287. The molecule has 1 rings (SSSR count). The highest BCUT2D eigenvalue weighted by Gasteiger charge is 2.44. The number of alkyl halides is 3. The van der Waals surface area contributed by atoms with Crippen LogP contribution in [-0.2, 0) is 9.84 Å². The van der Waals surface area contributed by atoms with Gasteiger partial charge in [0.2, 0.25) is 15.7 Å². The van der Waals surface area contributed by atoms with E-state index in [1.807, 2.05) is 0 Å². The van der Waals surface area contributed by atoms with Gasteiger partial charge in [-0.15, -0.1) is 0 Å². The van der Waals surface area contributed by atoms with Gasteiger partial charge in [-0.3, -0.25) is 10.1 Å². The zero-order valence-electron chi connectivity index (χ0n) is 9.22. The summed E-state index contributed by atoms with van der Waals surface area (Å²) in [5.41, 5.74) is -5.79. The van der Waals surface area contributed by atoms with Crippen LogP contribution in [0, 0.1) is 10.1 Å². The smallest absolute Gasteiger partial charge is 0.363 e. The average molecular weight is 299 g/mol. The van der Waals surface area contributed by atoms with Crippen molar-refractivity contribution in [2.24, 2.45) is 0 Å². The second kappa shape index (κ2) is 5.38. The Labute approximate surface area is 105 Å². The zero-order valence-corrected chi connectivity index (χ0v) is 10.0. The summed E-state index contributed by atoms with van der Waals surface area (Å²) in [6, 6.07) is 2.36. The third-order valence-electron chi connectivity index (χ3n) is 2.00. The van der Waals surface area contributed by atoms with Gasteiger partial charge in [0, 0.05) is 18.8 Å². The van der Waals surface area contributed by atoms with E-state index in [0.717, 1.165) is 6.07 Å². The second-order valence-corrected chi connectivity index (χ2v) is 5.42. The number of nitrogens with one attached hydrogen (secondary N) is 1. The molecule has 0 aliphatic rings. The standard InChI is InChI=1S/C8H8F3N3O4S/c9-8(10,11)19(17,18)5-4-13-7-6(14(15)16)2-1-3-12-7/h1-3H,4-5H2,(H,12,13). The van der Waals surface area contributed by atoms with E-state index in [1.165, 1.54) is 12.3 Å². The molecule has 0 aromatic carbocycles. The number of sulfone groups is 1. The number of hydrogen-bond acceptors (Lipinski definition) is 6. The molecular formula is C8H8F3N3O4S. The Balaban J connectivity index is 2.72. The summed E-state index contributed by atoms with van der Waals surface area (Å²) in [4.78, 5) is 13.3. The molecule has 106 valence electrons. The van der Waals surface area contributed by atoms with E-state index in [4.69, 9.17) is 0 Å². The predicted octanol–water partition coefficient (Wildman–Crippen LogP) is 1.34. The molecule has 1 N–H and O–H groups in total. The van der Waals surface area contributed by atoms with Crippen LogP contribution in [0.4, 0.5) is 24.7 Å². The van der Waals surface area contributed by atoms with Gasteiger partial charge < -0.3 is 5.32 Å². The fraction of sp³-hybridized carbons (Fsp3) is 0.375. The van der Waals surface area contributed by atoms with Crippen LogP contribution in [0.5, 0.6) is 0 Å². The van der Waals surface area contributed by atoms with E-state index in [-0.39, 0.29) is 5.82 Å². The molecule has 0 amide bonds. The van der Waals surface area contributed by atoms with Crippen molar-refractivity contribution < 1.29 is 26.5 Å². The molecular weight excluding hydrogens is 291 g/mol.